The molecular formula is C22H22FN3O2S. The molecule has 2 fully saturated rings. The highest BCUT2D eigenvalue weighted by Crippen LogP contribution is 2.39. The zero-order chi connectivity index (χ0) is 20.5. The highest BCUT2D eigenvalue weighted by molar-refractivity contribution is 8.15. The van der Waals surface area contributed by atoms with Crippen LogP contribution in [0.5, 0.6) is 0 Å². The maximum atomic E-state index is 13.0. The number of aliphatic imine (C=N–C) groups is 1. The van der Waals surface area contributed by atoms with Gasteiger partial charge in [0, 0.05) is 18.2 Å². The second-order valence-electron chi connectivity index (χ2n) is 7.47. The molecule has 2 amide bonds. The standard InChI is InChI=1S/C22H22FN3O2S/c1-13-3-6-17(11-14(13)2)25-22-26(18-9-10-18)21(28)19(29-22)12-20(27)24-16-7-4-15(23)5-8-16/h3-8,11,18-19H,9-10,12H2,1-2H3,(H,24,27)/t19-/m1/s1. The average molecular weight is 412 g/mol. The molecule has 1 aliphatic heterocycles. The van der Waals surface area contributed by atoms with Crippen molar-refractivity contribution in [3.05, 3.63) is 59.4 Å². The number of thioether (sulfide) groups is 1. The van der Waals surface area contributed by atoms with Gasteiger partial charge in [0.2, 0.25) is 11.8 Å². The smallest absolute Gasteiger partial charge is 0.242 e. The molecule has 1 atom stereocenters. The van der Waals surface area contributed by atoms with Crippen LogP contribution in [-0.4, -0.2) is 33.2 Å². The molecule has 5 nitrogen and oxygen atoms in total. The third-order valence-electron chi connectivity index (χ3n) is 5.09. The Kier molecular flexibility index (Phi) is 5.41. The lowest BCUT2D eigenvalue weighted by Crippen LogP contribution is -2.35. The topological polar surface area (TPSA) is 61.8 Å². The van der Waals surface area contributed by atoms with Gasteiger partial charge in [0.1, 0.15) is 11.1 Å². The van der Waals surface area contributed by atoms with Crippen molar-refractivity contribution in [2.24, 2.45) is 4.99 Å². The zero-order valence-electron chi connectivity index (χ0n) is 16.3. The van der Waals surface area contributed by atoms with Crippen LogP contribution in [0.25, 0.3) is 0 Å². The average Bonchev–Trinajstić information content (AvgIpc) is 3.46. The number of aryl methyl sites for hydroxylation is 2. The van der Waals surface area contributed by atoms with E-state index in [0.29, 0.717) is 10.9 Å². The van der Waals surface area contributed by atoms with Gasteiger partial charge in [-0.05, 0) is 74.2 Å². The van der Waals surface area contributed by atoms with E-state index in [1.807, 2.05) is 32.0 Å². The number of nitrogens with one attached hydrogen (secondary N) is 1. The summed E-state index contributed by atoms with van der Waals surface area (Å²) in [6.07, 6.45) is 1.98. The van der Waals surface area contributed by atoms with Crippen LogP contribution in [-0.2, 0) is 9.59 Å². The SMILES string of the molecule is Cc1ccc(N=C2S[C@H](CC(=O)Nc3ccc(F)cc3)C(=O)N2C2CC2)cc1C. The molecule has 1 saturated carbocycles. The van der Waals surface area contributed by atoms with E-state index >= 15 is 0 Å². The number of hydrogen-bond acceptors (Lipinski definition) is 4. The largest absolute Gasteiger partial charge is 0.326 e. The van der Waals surface area contributed by atoms with E-state index < -0.39 is 5.25 Å². The van der Waals surface area contributed by atoms with E-state index in [0.717, 1.165) is 24.1 Å². The Balaban J connectivity index is 1.49. The summed E-state index contributed by atoms with van der Waals surface area (Å²) in [6, 6.07) is 11.7. The highest BCUT2D eigenvalue weighted by atomic mass is 32.2. The summed E-state index contributed by atoms with van der Waals surface area (Å²) < 4.78 is 13.0. The molecule has 0 radical (unpaired) electrons. The summed E-state index contributed by atoms with van der Waals surface area (Å²) in [5.74, 6) is -0.697. The van der Waals surface area contributed by atoms with Crippen LogP contribution in [0, 0.1) is 19.7 Å². The quantitative estimate of drug-likeness (QED) is 0.784. The molecular weight excluding hydrogens is 389 g/mol. The molecule has 1 N–H and O–H groups in total. The van der Waals surface area contributed by atoms with Gasteiger partial charge in [-0.25, -0.2) is 9.38 Å². The molecule has 0 bridgehead atoms. The van der Waals surface area contributed by atoms with Gasteiger partial charge < -0.3 is 5.32 Å². The van der Waals surface area contributed by atoms with Crippen LogP contribution in [0.4, 0.5) is 15.8 Å². The van der Waals surface area contributed by atoms with E-state index in [2.05, 4.69) is 5.32 Å². The van der Waals surface area contributed by atoms with E-state index in [4.69, 9.17) is 4.99 Å². The molecule has 150 valence electrons. The number of halogens is 1. The monoisotopic (exact) mass is 411 g/mol. The highest BCUT2D eigenvalue weighted by Gasteiger charge is 2.46. The number of hydrogen-bond donors (Lipinski definition) is 1. The van der Waals surface area contributed by atoms with Crippen LogP contribution in [0.3, 0.4) is 0 Å². The first kappa shape index (κ1) is 19.6. The number of amidine groups is 1. The summed E-state index contributed by atoms with van der Waals surface area (Å²) in [6.45, 7) is 4.08. The molecule has 7 heteroatoms. The first-order chi connectivity index (χ1) is 13.9. The third kappa shape index (κ3) is 4.50. The molecule has 2 aromatic rings. The van der Waals surface area contributed by atoms with Crippen molar-refractivity contribution in [2.75, 3.05) is 5.32 Å². The number of carbonyl (C=O) groups excluding carboxylic acids is 2. The lowest BCUT2D eigenvalue weighted by Gasteiger charge is -2.15. The minimum absolute atomic E-state index is 0.0516. The van der Waals surface area contributed by atoms with E-state index in [1.165, 1.54) is 41.6 Å². The van der Waals surface area contributed by atoms with Gasteiger partial charge >= 0.3 is 0 Å². The molecule has 1 saturated heterocycles. The lowest BCUT2D eigenvalue weighted by atomic mass is 10.1. The van der Waals surface area contributed by atoms with Crippen LogP contribution in [0.1, 0.15) is 30.4 Å². The Morgan fingerprint density at radius 3 is 2.55 bits per heavy atom. The number of benzene rings is 2. The first-order valence-corrected chi connectivity index (χ1v) is 10.5. The van der Waals surface area contributed by atoms with Crippen LogP contribution >= 0.6 is 11.8 Å². The van der Waals surface area contributed by atoms with Gasteiger partial charge in [-0.1, -0.05) is 17.8 Å². The van der Waals surface area contributed by atoms with Crippen molar-refractivity contribution in [2.45, 2.75) is 44.4 Å². The number of carbonyl (C=O) groups is 2. The van der Waals surface area contributed by atoms with E-state index in [1.54, 1.807) is 4.90 Å². The number of nitrogens with zero attached hydrogens (tertiary/aromatic N) is 2. The summed E-state index contributed by atoms with van der Waals surface area (Å²) in [7, 11) is 0. The molecule has 0 spiro atoms. The van der Waals surface area contributed by atoms with Crippen LogP contribution in [0.15, 0.2) is 47.5 Å². The molecule has 2 aliphatic rings. The third-order valence-corrected chi connectivity index (χ3v) is 6.24. The number of rotatable bonds is 5. The van der Waals surface area contributed by atoms with Crippen molar-refractivity contribution < 1.29 is 14.0 Å². The maximum Gasteiger partial charge on any atom is 0.242 e. The van der Waals surface area contributed by atoms with Gasteiger partial charge in [0.25, 0.3) is 0 Å². The van der Waals surface area contributed by atoms with Crippen molar-refractivity contribution in [3.63, 3.8) is 0 Å². The van der Waals surface area contributed by atoms with Crippen LogP contribution in [0.2, 0.25) is 0 Å². The summed E-state index contributed by atoms with van der Waals surface area (Å²) in [5.41, 5.74) is 3.66. The minimum atomic E-state index is -0.499. The molecule has 29 heavy (non-hydrogen) atoms. The fourth-order valence-corrected chi connectivity index (χ4v) is 4.40. The van der Waals surface area contributed by atoms with Gasteiger partial charge in [0.15, 0.2) is 5.17 Å². The minimum Gasteiger partial charge on any atom is -0.326 e. The molecule has 4 rings (SSSR count). The second kappa shape index (κ2) is 7.99. The fourth-order valence-electron chi connectivity index (χ4n) is 3.18. The number of amides is 2. The Hall–Kier alpha value is -2.67. The summed E-state index contributed by atoms with van der Waals surface area (Å²) in [4.78, 5) is 31.8. The summed E-state index contributed by atoms with van der Waals surface area (Å²) in [5, 5.41) is 2.89. The Labute approximate surface area is 173 Å². The predicted molar refractivity (Wildman–Crippen MR) is 114 cm³/mol. The molecule has 0 aromatic heterocycles. The van der Waals surface area contributed by atoms with Gasteiger partial charge in [0.05, 0.1) is 5.69 Å². The van der Waals surface area contributed by atoms with Crippen molar-refractivity contribution in [3.8, 4) is 0 Å². The molecule has 1 aliphatic carbocycles. The Bertz CT molecular complexity index is 986. The van der Waals surface area contributed by atoms with Gasteiger partial charge in [-0.3, -0.25) is 14.5 Å². The van der Waals surface area contributed by atoms with Crippen molar-refractivity contribution in [1.82, 2.24) is 4.90 Å². The predicted octanol–water partition coefficient (Wildman–Crippen LogP) is 4.57. The zero-order valence-corrected chi connectivity index (χ0v) is 17.1. The lowest BCUT2D eigenvalue weighted by molar-refractivity contribution is -0.128. The fraction of sp³-hybridized carbons (Fsp3) is 0.318. The molecule has 2 aromatic carbocycles. The molecule has 0 unspecified atom stereocenters. The van der Waals surface area contributed by atoms with E-state index in [-0.39, 0.29) is 30.1 Å². The van der Waals surface area contributed by atoms with Crippen LogP contribution < -0.4 is 5.32 Å². The Morgan fingerprint density at radius 2 is 1.90 bits per heavy atom. The van der Waals surface area contributed by atoms with E-state index in [9.17, 15) is 14.0 Å². The molecule has 1 heterocycles. The maximum absolute atomic E-state index is 13.0. The first-order valence-electron chi connectivity index (χ1n) is 9.62. The van der Waals surface area contributed by atoms with Gasteiger partial charge in [-0.2, -0.15) is 0 Å². The number of anilines is 1. The van der Waals surface area contributed by atoms with Crippen molar-refractivity contribution >= 4 is 40.1 Å². The van der Waals surface area contributed by atoms with Crippen molar-refractivity contribution in [1.29, 1.82) is 0 Å². The second-order valence-corrected chi connectivity index (χ2v) is 8.64. The van der Waals surface area contributed by atoms with Gasteiger partial charge in [-0.15, -0.1) is 0 Å². The Morgan fingerprint density at radius 1 is 1.17 bits per heavy atom. The summed E-state index contributed by atoms with van der Waals surface area (Å²) >= 11 is 1.35. The normalized spacial score (nSPS) is 20.4.